The molecule has 1 fully saturated rings. The smallest absolute Gasteiger partial charge is 0.307 e. The van der Waals surface area contributed by atoms with Crippen LogP contribution in [0, 0.1) is 22.7 Å². The molecule has 32 heavy (non-hydrogen) atoms. The molecule has 0 saturated heterocycles. The van der Waals surface area contributed by atoms with Crippen LogP contribution in [0.4, 0.5) is 5.82 Å². The van der Waals surface area contributed by atoms with Gasteiger partial charge < -0.3 is 18.1 Å². The predicted octanol–water partition coefficient (Wildman–Crippen LogP) is 2.37. The zero-order chi connectivity index (χ0) is 22.4. The third kappa shape index (κ3) is 4.09. The maximum absolute atomic E-state index is 6.05. The minimum atomic E-state index is 0. The first-order valence-corrected chi connectivity index (χ1v) is 11.9. The van der Waals surface area contributed by atoms with Crippen molar-refractivity contribution in [3.8, 4) is 0 Å². The summed E-state index contributed by atoms with van der Waals surface area (Å²) in [5.41, 5.74) is 11.8. The lowest BCUT2D eigenvalue weighted by atomic mass is 9.47. The Hall–Kier alpha value is -1.88. The van der Waals surface area contributed by atoms with Gasteiger partial charge >= 0.3 is 5.65 Å². The number of nitrogens with zero attached hydrogens (tertiary/aromatic N) is 4. The molecule has 2 aliphatic rings. The Balaban J connectivity index is 0.00000289. The number of rotatable bonds is 5. The molecular weight excluding hydrogens is 418 g/mol. The van der Waals surface area contributed by atoms with Gasteiger partial charge in [-0.3, -0.25) is 4.57 Å². The first-order chi connectivity index (χ1) is 14.7. The Morgan fingerprint density at radius 1 is 1.31 bits per heavy atom. The van der Waals surface area contributed by atoms with Crippen LogP contribution in [0.2, 0.25) is 0 Å². The van der Waals surface area contributed by atoms with E-state index >= 15 is 0 Å². The van der Waals surface area contributed by atoms with Crippen molar-refractivity contribution in [2.75, 3.05) is 5.73 Å². The van der Waals surface area contributed by atoms with E-state index in [1.54, 1.807) is 11.9 Å². The molecule has 2 aliphatic carbocycles. The van der Waals surface area contributed by atoms with Crippen LogP contribution >= 0.6 is 0 Å². The largest absolute Gasteiger partial charge is 1.00 e. The van der Waals surface area contributed by atoms with Crippen molar-refractivity contribution in [2.45, 2.75) is 79.7 Å². The lowest BCUT2D eigenvalue weighted by Gasteiger charge is -2.58. The lowest BCUT2D eigenvalue weighted by molar-refractivity contribution is -0.663. The van der Waals surface area contributed by atoms with Gasteiger partial charge in [-0.1, -0.05) is 49.1 Å². The van der Waals surface area contributed by atoms with Crippen molar-refractivity contribution in [2.24, 2.45) is 29.7 Å². The summed E-state index contributed by atoms with van der Waals surface area (Å²) in [7, 11) is 2.00. The van der Waals surface area contributed by atoms with Crippen LogP contribution in [-0.2, 0) is 13.6 Å². The lowest BCUT2D eigenvalue weighted by Crippen LogP contribution is -3.00. The van der Waals surface area contributed by atoms with Crippen LogP contribution < -0.4 is 22.7 Å². The topological polar surface area (TPSA) is 60.6 Å². The molecule has 2 heterocycles. The maximum atomic E-state index is 6.05. The number of nitrogen functional groups attached to an aromatic ring is 1. The summed E-state index contributed by atoms with van der Waals surface area (Å²) in [5, 5.41) is 0. The Bertz CT molecular complexity index is 1040. The molecule has 4 unspecified atom stereocenters. The van der Waals surface area contributed by atoms with Crippen LogP contribution in [0.15, 0.2) is 36.0 Å². The van der Waals surface area contributed by atoms with Crippen LogP contribution in [0.5, 0.6) is 0 Å². The maximum Gasteiger partial charge on any atom is 0.307 e. The molecule has 2 N–H and O–H groups in total. The fraction of sp³-hybridized carbons (Fsp3) is 0.654. The van der Waals surface area contributed by atoms with Gasteiger partial charge in [-0.05, 0) is 75.0 Å². The first kappa shape index (κ1) is 24.8. The molecule has 1 saturated carbocycles. The Morgan fingerprint density at radius 3 is 2.81 bits per heavy atom. The number of imidazole rings is 1. The van der Waals surface area contributed by atoms with Crippen molar-refractivity contribution in [1.82, 2.24) is 14.5 Å². The minimum absolute atomic E-state index is 0. The normalized spacial score (nSPS) is 30.6. The summed E-state index contributed by atoms with van der Waals surface area (Å²) in [5.74, 6) is 2.12. The third-order valence-electron chi connectivity index (χ3n) is 9.06. The second-order valence-corrected chi connectivity index (χ2v) is 10.7. The van der Waals surface area contributed by atoms with Crippen LogP contribution in [0.1, 0.15) is 73.1 Å². The molecule has 2 aromatic rings. The summed E-state index contributed by atoms with van der Waals surface area (Å²) in [6, 6.07) is 0. The Morgan fingerprint density at radius 2 is 2.06 bits per heavy atom. The number of nitrogens with two attached hydrogens (primary N) is 1. The molecule has 2 aromatic heterocycles. The van der Waals surface area contributed by atoms with E-state index in [-0.39, 0.29) is 12.4 Å². The summed E-state index contributed by atoms with van der Waals surface area (Å²) in [6.07, 6.45) is 16.2. The summed E-state index contributed by atoms with van der Waals surface area (Å²) in [4.78, 5) is 8.59. The zero-order valence-corrected chi connectivity index (χ0v) is 21.4. The molecule has 0 bridgehead atoms. The summed E-state index contributed by atoms with van der Waals surface area (Å²) in [6.45, 7) is 13.1. The van der Waals surface area contributed by atoms with Gasteiger partial charge in [0, 0.05) is 0 Å². The fourth-order valence-electron chi connectivity index (χ4n) is 6.54. The second-order valence-electron chi connectivity index (χ2n) is 10.7. The highest BCUT2D eigenvalue weighted by atomic mass is 35.5. The molecule has 0 radical (unpaired) electrons. The molecule has 176 valence electrons. The molecule has 4 rings (SSSR count). The molecule has 0 amide bonds. The van der Waals surface area contributed by atoms with Gasteiger partial charge in [0.2, 0.25) is 5.52 Å². The average molecular weight is 458 g/mol. The van der Waals surface area contributed by atoms with Crippen molar-refractivity contribution < 1.29 is 17.0 Å². The number of aryl methyl sites for hydroxylation is 1. The van der Waals surface area contributed by atoms with Gasteiger partial charge in [-0.25, -0.2) is 4.57 Å². The number of halogens is 1. The SMILES string of the molecule is CC1=CCCC2C1(C)CCC(C)C2(C)CC/C(C)=C/C[n+]1cn(C)c2c(N)ncnc21.[Cl-]. The fourth-order valence-corrected chi connectivity index (χ4v) is 6.54. The Kier molecular flexibility index (Phi) is 7.09. The van der Waals surface area contributed by atoms with E-state index in [9.17, 15) is 0 Å². The van der Waals surface area contributed by atoms with Crippen LogP contribution in [-0.4, -0.2) is 14.5 Å². The van der Waals surface area contributed by atoms with Gasteiger partial charge in [0.25, 0.3) is 0 Å². The summed E-state index contributed by atoms with van der Waals surface area (Å²) < 4.78 is 4.17. The predicted molar refractivity (Wildman–Crippen MR) is 127 cm³/mol. The van der Waals surface area contributed by atoms with Crippen molar-refractivity contribution in [3.63, 3.8) is 0 Å². The van der Waals surface area contributed by atoms with E-state index in [1.165, 1.54) is 44.1 Å². The number of aromatic nitrogens is 4. The number of hydrogen-bond donors (Lipinski definition) is 1. The van der Waals surface area contributed by atoms with Crippen molar-refractivity contribution >= 4 is 17.0 Å². The van der Waals surface area contributed by atoms with Crippen molar-refractivity contribution in [3.05, 3.63) is 36.0 Å². The second kappa shape index (κ2) is 9.17. The summed E-state index contributed by atoms with van der Waals surface area (Å²) >= 11 is 0. The molecule has 0 aromatic carbocycles. The van der Waals surface area contributed by atoms with Crippen molar-refractivity contribution in [1.29, 1.82) is 0 Å². The molecule has 0 spiro atoms. The van der Waals surface area contributed by atoms with E-state index in [0.29, 0.717) is 16.6 Å². The first-order valence-electron chi connectivity index (χ1n) is 11.9. The monoisotopic (exact) mass is 457 g/mol. The number of hydrogen-bond acceptors (Lipinski definition) is 3. The molecule has 6 heteroatoms. The highest BCUT2D eigenvalue weighted by molar-refractivity contribution is 5.78. The third-order valence-corrected chi connectivity index (χ3v) is 9.06. The number of anilines is 1. The van der Waals surface area contributed by atoms with Crippen LogP contribution in [0.25, 0.3) is 11.2 Å². The highest BCUT2D eigenvalue weighted by Gasteiger charge is 2.52. The zero-order valence-electron chi connectivity index (χ0n) is 20.7. The van der Waals surface area contributed by atoms with Gasteiger partial charge in [0.05, 0.1) is 13.6 Å². The standard InChI is InChI=1S/C26H40N5.ClH/c1-18(12-15-31-17-30(6)22-23(27)28-16-29-24(22)31)10-13-25(4)20(3)11-14-26(5)19(2)8-7-9-21(25)26;/h8,12,16-17,20-21H,7,9-11,13-15H2,1-6H3,(H2,27,28,29);1H/q+1;/p-1/b18-12+;. The molecule has 4 atom stereocenters. The number of fused-ring (bicyclic) bond motifs is 2. The van der Waals surface area contributed by atoms with Gasteiger partial charge in [0.15, 0.2) is 18.5 Å². The highest BCUT2D eigenvalue weighted by Crippen LogP contribution is 2.61. The quantitative estimate of drug-likeness (QED) is 0.553. The van der Waals surface area contributed by atoms with Gasteiger partial charge in [-0.2, -0.15) is 4.98 Å². The molecular formula is C26H40ClN5. The Labute approximate surface area is 199 Å². The van der Waals surface area contributed by atoms with E-state index in [2.05, 4.69) is 67.6 Å². The minimum Gasteiger partial charge on any atom is -1.00 e. The molecule has 0 aliphatic heterocycles. The van der Waals surface area contributed by atoms with Gasteiger partial charge in [-0.15, -0.1) is 0 Å². The van der Waals surface area contributed by atoms with E-state index in [1.807, 2.05) is 11.6 Å². The van der Waals surface area contributed by atoms with E-state index in [0.717, 1.165) is 29.5 Å². The average Bonchev–Trinajstić information content (AvgIpc) is 3.07. The number of allylic oxidation sites excluding steroid dienone is 4. The van der Waals surface area contributed by atoms with Crippen LogP contribution in [0.3, 0.4) is 0 Å². The van der Waals surface area contributed by atoms with E-state index < -0.39 is 0 Å². The van der Waals surface area contributed by atoms with Gasteiger partial charge in [0.1, 0.15) is 0 Å². The van der Waals surface area contributed by atoms with E-state index in [4.69, 9.17) is 5.73 Å². The molecule has 5 nitrogen and oxygen atoms in total.